The molecule has 0 aliphatic carbocycles. The zero-order chi connectivity index (χ0) is 18.4. The van der Waals surface area contributed by atoms with Crippen LogP contribution in [-0.4, -0.2) is 21.3 Å². The fourth-order valence-corrected chi connectivity index (χ4v) is 3.77. The Morgan fingerprint density at radius 2 is 1.37 bits per heavy atom. The zero-order valence-corrected chi connectivity index (χ0v) is 15.1. The second-order valence-electron chi connectivity index (χ2n) is 6.43. The van der Waals surface area contributed by atoms with Crippen molar-refractivity contribution in [2.75, 3.05) is 14.2 Å². The minimum atomic E-state index is -0.521. The third-order valence-corrected chi connectivity index (χ3v) is 4.95. The first-order valence-electron chi connectivity index (χ1n) is 8.79. The van der Waals surface area contributed by atoms with Gasteiger partial charge in [0.2, 0.25) is 0 Å². The van der Waals surface area contributed by atoms with E-state index < -0.39 is 7.12 Å². The topological polar surface area (TPSA) is 36.9 Å². The number of rotatable bonds is 3. The second kappa shape index (κ2) is 6.13. The van der Waals surface area contributed by atoms with Gasteiger partial charge in [0.05, 0.1) is 19.6 Å². The van der Waals surface area contributed by atoms with E-state index in [1.54, 1.807) is 14.2 Å². The molecule has 0 aromatic heterocycles. The smallest absolute Gasteiger partial charge is 0.519 e. The molecule has 0 unspecified atom stereocenters. The van der Waals surface area contributed by atoms with Crippen LogP contribution in [0.3, 0.4) is 0 Å². The van der Waals surface area contributed by atoms with E-state index in [1.807, 2.05) is 48.5 Å². The molecule has 1 heterocycles. The third kappa shape index (κ3) is 2.39. The Hall–Kier alpha value is -3.34. The van der Waals surface area contributed by atoms with Gasteiger partial charge in [0.25, 0.3) is 0 Å². The molecule has 0 bridgehead atoms. The van der Waals surface area contributed by atoms with Crippen LogP contribution in [0.25, 0.3) is 21.5 Å². The summed E-state index contributed by atoms with van der Waals surface area (Å²) in [4.78, 5) is 0. The Kier molecular flexibility index (Phi) is 3.61. The van der Waals surface area contributed by atoms with Crippen LogP contribution < -0.4 is 24.2 Å². The lowest BCUT2D eigenvalue weighted by molar-refractivity contribution is 0.407. The van der Waals surface area contributed by atoms with E-state index in [0.29, 0.717) is 0 Å². The summed E-state index contributed by atoms with van der Waals surface area (Å²) in [6, 6.07) is 21.9. The molecule has 0 saturated carbocycles. The summed E-state index contributed by atoms with van der Waals surface area (Å²) in [6.45, 7) is 0. The molecule has 0 amide bonds. The van der Waals surface area contributed by atoms with Gasteiger partial charge in [-0.2, -0.15) is 0 Å². The fourth-order valence-electron chi connectivity index (χ4n) is 3.77. The summed E-state index contributed by atoms with van der Waals surface area (Å²) in [5.74, 6) is 3.03. The predicted molar refractivity (Wildman–Crippen MR) is 108 cm³/mol. The van der Waals surface area contributed by atoms with Gasteiger partial charge in [-0.1, -0.05) is 42.5 Å². The standard InChI is InChI=1S/C22H17BO4/c1-24-19-12-6-8-15-13-14-7-5-9-16(20(14)22(25-2)21(15)19)23-26-17-10-3-4-11-18(17)27-23/h3-13H,1-2H3. The molecule has 4 aromatic rings. The maximum Gasteiger partial charge on any atom is 0.633 e. The van der Waals surface area contributed by atoms with Gasteiger partial charge in [0.15, 0.2) is 0 Å². The Morgan fingerprint density at radius 1 is 0.704 bits per heavy atom. The normalized spacial score (nSPS) is 12.6. The molecule has 0 fully saturated rings. The molecule has 27 heavy (non-hydrogen) atoms. The van der Waals surface area contributed by atoms with E-state index in [4.69, 9.17) is 18.8 Å². The molecular weight excluding hydrogens is 339 g/mol. The number of hydrogen-bond acceptors (Lipinski definition) is 4. The van der Waals surface area contributed by atoms with E-state index in [-0.39, 0.29) is 0 Å². The van der Waals surface area contributed by atoms with Gasteiger partial charge in [0.1, 0.15) is 23.0 Å². The van der Waals surface area contributed by atoms with Crippen molar-refractivity contribution in [1.29, 1.82) is 0 Å². The third-order valence-electron chi connectivity index (χ3n) is 4.95. The van der Waals surface area contributed by atoms with Crippen LogP contribution in [0, 0.1) is 0 Å². The van der Waals surface area contributed by atoms with Gasteiger partial charge in [-0.05, 0) is 35.0 Å². The Labute approximate surface area is 157 Å². The second-order valence-corrected chi connectivity index (χ2v) is 6.43. The van der Waals surface area contributed by atoms with Crippen LogP contribution in [0.4, 0.5) is 0 Å². The minimum absolute atomic E-state index is 0.521. The molecular formula is C22H17BO4. The first-order valence-corrected chi connectivity index (χ1v) is 8.79. The van der Waals surface area contributed by atoms with Crippen molar-refractivity contribution in [3.8, 4) is 23.0 Å². The summed E-state index contributed by atoms with van der Waals surface area (Å²) < 4.78 is 23.6. The molecule has 5 rings (SSSR count). The molecule has 1 aliphatic rings. The molecule has 0 spiro atoms. The Balaban J connectivity index is 1.78. The molecule has 0 saturated heterocycles. The number of ether oxygens (including phenoxy) is 2. The average molecular weight is 356 g/mol. The first kappa shape index (κ1) is 15.9. The van der Waals surface area contributed by atoms with Gasteiger partial charge in [0, 0.05) is 10.8 Å². The minimum Gasteiger partial charge on any atom is -0.519 e. The van der Waals surface area contributed by atoms with E-state index in [9.17, 15) is 0 Å². The maximum absolute atomic E-state index is 6.06. The molecule has 0 atom stereocenters. The van der Waals surface area contributed by atoms with Crippen LogP contribution in [0.1, 0.15) is 0 Å². The van der Waals surface area contributed by atoms with E-state index in [2.05, 4.69) is 18.2 Å². The van der Waals surface area contributed by atoms with Gasteiger partial charge >= 0.3 is 7.12 Å². The van der Waals surface area contributed by atoms with Gasteiger partial charge in [-0.25, -0.2) is 0 Å². The molecule has 1 aliphatic heterocycles. The van der Waals surface area contributed by atoms with Crippen LogP contribution >= 0.6 is 0 Å². The van der Waals surface area contributed by atoms with Crippen LogP contribution in [0.5, 0.6) is 23.0 Å². The largest absolute Gasteiger partial charge is 0.633 e. The predicted octanol–water partition coefficient (Wildman–Crippen LogP) is 4.18. The quantitative estimate of drug-likeness (QED) is 0.408. The molecule has 4 nitrogen and oxygen atoms in total. The van der Waals surface area contributed by atoms with Crippen molar-refractivity contribution in [2.45, 2.75) is 0 Å². The van der Waals surface area contributed by atoms with Crippen molar-refractivity contribution in [2.24, 2.45) is 0 Å². The van der Waals surface area contributed by atoms with Crippen molar-refractivity contribution >= 4 is 34.1 Å². The van der Waals surface area contributed by atoms with Gasteiger partial charge in [-0.3, -0.25) is 0 Å². The van der Waals surface area contributed by atoms with Crippen molar-refractivity contribution in [3.63, 3.8) is 0 Å². The summed E-state index contributed by atoms with van der Waals surface area (Å²) in [6.07, 6.45) is 0. The van der Waals surface area contributed by atoms with E-state index in [0.717, 1.165) is 50.0 Å². The van der Waals surface area contributed by atoms with Crippen molar-refractivity contribution < 1.29 is 18.8 Å². The lowest BCUT2D eigenvalue weighted by Gasteiger charge is -2.16. The summed E-state index contributed by atoms with van der Waals surface area (Å²) in [5, 5.41) is 4.04. The first-order chi connectivity index (χ1) is 13.3. The lowest BCUT2D eigenvalue weighted by Crippen LogP contribution is -2.39. The maximum atomic E-state index is 6.06. The molecule has 0 radical (unpaired) electrons. The van der Waals surface area contributed by atoms with Gasteiger partial charge < -0.3 is 18.8 Å². The zero-order valence-electron chi connectivity index (χ0n) is 15.1. The van der Waals surface area contributed by atoms with E-state index >= 15 is 0 Å². The van der Waals surface area contributed by atoms with Crippen molar-refractivity contribution in [3.05, 3.63) is 66.7 Å². The molecule has 132 valence electrons. The van der Waals surface area contributed by atoms with Crippen LogP contribution in [-0.2, 0) is 0 Å². The summed E-state index contributed by atoms with van der Waals surface area (Å²) in [7, 11) is 2.83. The SMILES string of the molecule is COc1cccc2cc3cccc(B4Oc5ccccc5O4)c3c(OC)c12. The summed E-state index contributed by atoms with van der Waals surface area (Å²) in [5.41, 5.74) is 0.924. The highest BCUT2D eigenvalue weighted by Crippen LogP contribution is 2.40. The summed E-state index contributed by atoms with van der Waals surface area (Å²) >= 11 is 0. The van der Waals surface area contributed by atoms with Crippen LogP contribution in [0.15, 0.2) is 66.7 Å². The number of benzene rings is 4. The highest BCUT2D eigenvalue weighted by atomic mass is 16.6. The highest BCUT2D eigenvalue weighted by molar-refractivity contribution is 6.67. The molecule has 4 aromatic carbocycles. The number of para-hydroxylation sites is 2. The fraction of sp³-hybridized carbons (Fsp3) is 0.0909. The monoisotopic (exact) mass is 356 g/mol. The van der Waals surface area contributed by atoms with Crippen molar-refractivity contribution in [1.82, 2.24) is 0 Å². The Morgan fingerprint density at radius 3 is 2.04 bits per heavy atom. The Bertz CT molecular complexity index is 1150. The molecule has 5 heteroatoms. The average Bonchev–Trinajstić information content (AvgIpc) is 3.15. The highest BCUT2D eigenvalue weighted by Gasteiger charge is 2.36. The van der Waals surface area contributed by atoms with E-state index in [1.165, 1.54) is 0 Å². The number of hydrogen-bond donors (Lipinski definition) is 0. The van der Waals surface area contributed by atoms with Crippen LogP contribution in [0.2, 0.25) is 0 Å². The number of methoxy groups -OCH3 is 2. The van der Waals surface area contributed by atoms with Gasteiger partial charge in [-0.15, -0.1) is 0 Å². The number of fused-ring (bicyclic) bond motifs is 3. The molecule has 0 N–H and O–H groups in total. The lowest BCUT2D eigenvalue weighted by atomic mass is 9.75.